The number of aliphatic hydroxyl groups is 1. The Bertz CT molecular complexity index is 607. The number of alkyl carbamates (subject to hydrolysis) is 1. The molecular formula is C23H39NO6. The molecule has 7 atom stereocenters. The highest BCUT2D eigenvalue weighted by Crippen LogP contribution is 2.57. The monoisotopic (exact) mass is 425 g/mol. The summed E-state index contributed by atoms with van der Waals surface area (Å²) in [4.78, 5) is 12.3. The number of rotatable bonds is 11. The maximum atomic E-state index is 12.3. The van der Waals surface area contributed by atoms with Crippen LogP contribution >= 0.6 is 0 Å². The quantitative estimate of drug-likeness (QED) is 0.300. The molecule has 1 saturated carbocycles. The van der Waals surface area contributed by atoms with Crippen LogP contribution in [0, 0.1) is 5.92 Å². The van der Waals surface area contributed by atoms with Gasteiger partial charge in [0.15, 0.2) is 0 Å². The lowest BCUT2D eigenvalue weighted by atomic mass is 9.71. The molecule has 1 aliphatic carbocycles. The summed E-state index contributed by atoms with van der Waals surface area (Å²) in [5.74, 6) is 0.0677. The molecule has 2 N–H and O–H groups in total. The zero-order chi connectivity index (χ0) is 21.7. The van der Waals surface area contributed by atoms with E-state index >= 15 is 0 Å². The Labute approximate surface area is 180 Å². The number of hydrogen-bond donors (Lipinski definition) is 2. The number of nitrogens with one attached hydrogen (secondary N) is 1. The number of unbranched alkanes of at least 4 members (excludes halogenated alkanes) is 3. The van der Waals surface area contributed by atoms with E-state index in [9.17, 15) is 4.79 Å². The first-order valence-corrected chi connectivity index (χ1v) is 11.5. The average Bonchev–Trinajstić information content (AvgIpc) is 3.61. The summed E-state index contributed by atoms with van der Waals surface area (Å²) in [5.41, 5.74) is 1.07. The smallest absolute Gasteiger partial charge is 0.407 e. The minimum absolute atomic E-state index is 0.0677. The van der Waals surface area contributed by atoms with Gasteiger partial charge in [0, 0.05) is 26.2 Å². The van der Waals surface area contributed by atoms with E-state index in [1.807, 2.05) is 0 Å². The summed E-state index contributed by atoms with van der Waals surface area (Å²) in [6.45, 7) is 7.11. The summed E-state index contributed by atoms with van der Waals surface area (Å²) in [6, 6.07) is 0. The molecule has 2 saturated heterocycles. The van der Waals surface area contributed by atoms with Crippen LogP contribution in [0.25, 0.3) is 0 Å². The van der Waals surface area contributed by atoms with Crippen molar-refractivity contribution in [2.45, 2.75) is 102 Å². The molecule has 3 aliphatic rings. The normalized spacial score (nSPS) is 37.0. The predicted molar refractivity (Wildman–Crippen MR) is 113 cm³/mol. The molecule has 1 spiro atoms. The van der Waals surface area contributed by atoms with Crippen molar-refractivity contribution < 1.29 is 28.8 Å². The van der Waals surface area contributed by atoms with Crippen molar-refractivity contribution in [3.05, 3.63) is 11.6 Å². The topological polar surface area (TPSA) is 92.9 Å². The lowest BCUT2D eigenvalue weighted by Gasteiger charge is -2.40. The number of carbonyl (C=O) groups excluding carboxylic acids is 1. The first-order valence-electron chi connectivity index (χ1n) is 11.5. The SMILES string of the molecule is COC1C(OC(=O)NCCCCCCO)CC[C@@]2(O[C@@H]2C)C1[C@H]1O[C@@H]1CC=C(C)C. The fourth-order valence-electron chi connectivity index (χ4n) is 4.98. The third-order valence-electron chi connectivity index (χ3n) is 6.75. The van der Waals surface area contributed by atoms with Gasteiger partial charge in [0.05, 0.1) is 18.3 Å². The van der Waals surface area contributed by atoms with Gasteiger partial charge in [0.2, 0.25) is 0 Å². The number of carbonyl (C=O) groups is 1. The Kier molecular flexibility index (Phi) is 8.18. The van der Waals surface area contributed by atoms with E-state index in [0.29, 0.717) is 6.54 Å². The van der Waals surface area contributed by atoms with Crippen LogP contribution < -0.4 is 5.32 Å². The molecule has 0 bridgehead atoms. The molecular weight excluding hydrogens is 386 g/mol. The van der Waals surface area contributed by atoms with Gasteiger partial charge in [0.1, 0.15) is 17.8 Å². The second-order valence-corrected chi connectivity index (χ2v) is 9.14. The van der Waals surface area contributed by atoms with Gasteiger partial charge in [-0.3, -0.25) is 0 Å². The number of allylic oxidation sites excluding steroid dienone is 1. The molecule has 0 aromatic carbocycles. The second-order valence-electron chi connectivity index (χ2n) is 9.14. The van der Waals surface area contributed by atoms with Crippen molar-refractivity contribution in [2.24, 2.45) is 5.92 Å². The van der Waals surface area contributed by atoms with Gasteiger partial charge >= 0.3 is 6.09 Å². The lowest BCUT2D eigenvalue weighted by Crippen LogP contribution is -2.53. The van der Waals surface area contributed by atoms with Crippen molar-refractivity contribution in [1.29, 1.82) is 0 Å². The van der Waals surface area contributed by atoms with E-state index in [1.54, 1.807) is 7.11 Å². The second kappa shape index (κ2) is 10.4. The average molecular weight is 426 g/mol. The Morgan fingerprint density at radius 3 is 2.63 bits per heavy atom. The first-order chi connectivity index (χ1) is 14.4. The third kappa shape index (κ3) is 5.55. The number of aliphatic hydroxyl groups excluding tert-OH is 1. The van der Waals surface area contributed by atoms with E-state index in [2.05, 4.69) is 32.2 Å². The van der Waals surface area contributed by atoms with Crippen molar-refractivity contribution in [2.75, 3.05) is 20.3 Å². The van der Waals surface area contributed by atoms with Gasteiger partial charge in [-0.15, -0.1) is 0 Å². The summed E-state index contributed by atoms with van der Waals surface area (Å²) >= 11 is 0. The van der Waals surface area contributed by atoms with E-state index in [4.69, 9.17) is 24.1 Å². The number of hydrogen-bond acceptors (Lipinski definition) is 6. The van der Waals surface area contributed by atoms with E-state index < -0.39 is 0 Å². The number of ether oxygens (including phenoxy) is 4. The fourth-order valence-corrected chi connectivity index (χ4v) is 4.98. The van der Waals surface area contributed by atoms with Crippen molar-refractivity contribution in [3.8, 4) is 0 Å². The predicted octanol–water partition coefficient (Wildman–Crippen LogP) is 3.34. The Hall–Kier alpha value is -1.15. The zero-order valence-electron chi connectivity index (χ0n) is 18.9. The first kappa shape index (κ1) is 23.5. The molecule has 0 radical (unpaired) electrons. The Morgan fingerprint density at radius 1 is 1.27 bits per heavy atom. The molecule has 2 aliphatic heterocycles. The highest BCUT2D eigenvalue weighted by atomic mass is 16.6. The fraction of sp³-hybridized carbons (Fsp3) is 0.870. The van der Waals surface area contributed by atoms with Gasteiger partial charge in [-0.1, -0.05) is 24.5 Å². The Morgan fingerprint density at radius 2 is 2.00 bits per heavy atom. The molecule has 3 unspecified atom stereocenters. The minimum atomic E-state index is -0.388. The summed E-state index contributed by atoms with van der Waals surface area (Å²) in [5, 5.41) is 11.7. The largest absolute Gasteiger partial charge is 0.443 e. The lowest BCUT2D eigenvalue weighted by molar-refractivity contribution is -0.105. The number of epoxide rings is 2. The molecule has 0 aromatic rings. The van der Waals surface area contributed by atoms with Crippen LogP contribution in [0.4, 0.5) is 4.79 Å². The van der Waals surface area contributed by atoms with E-state index in [1.165, 1.54) is 5.57 Å². The molecule has 3 fully saturated rings. The maximum absolute atomic E-state index is 12.3. The number of amides is 1. The third-order valence-corrected chi connectivity index (χ3v) is 6.75. The maximum Gasteiger partial charge on any atom is 0.407 e. The van der Waals surface area contributed by atoms with Crippen LogP contribution in [0.15, 0.2) is 11.6 Å². The minimum Gasteiger partial charge on any atom is -0.443 e. The van der Waals surface area contributed by atoms with Gasteiger partial charge in [0.25, 0.3) is 0 Å². The van der Waals surface area contributed by atoms with Gasteiger partial charge in [-0.25, -0.2) is 4.79 Å². The standard InChI is InChI=1S/C23H39NO6/c1-15(2)9-10-17-21(28-17)19-20(27-4)18(11-12-23(19)16(3)30-23)29-22(26)24-13-7-5-6-8-14-25/h9,16-21,25H,5-8,10-14H2,1-4H3,(H,24,26)/t16-,17-,18?,19?,20?,21+,23+/m1/s1. The van der Waals surface area contributed by atoms with E-state index in [0.717, 1.165) is 44.9 Å². The van der Waals surface area contributed by atoms with Crippen LogP contribution in [-0.4, -0.2) is 67.6 Å². The molecule has 172 valence electrons. The number of methoxy groups -OCH3 is 1. The molecule has 0 aromatic heterocycles. The van der Waals surface area contributed by atoms with Gasteiger partial charge < -0.3 is 29.4 Å². The summed E-state index contributed by atoms with van der Waals surface area (Å²) < 4.78 is 23.8. The molecule has 7 nitrogen and oxygen atoms in total. The molecule has 2 heterocycles. The molecule has 7 heteroatoms. The molecule has 30 heavy (non-hydrogen) atoms. The van der Waals surface area contributed by atoms with Crippen molar-refractivity contribution >= 4 is 6.09 Å². The van der Waals surface area contributed by atoms with Crippen LogP contribution in [-0.2, 0) is 18.9 Å². The highest BCUT2D eigenvalue weighted by molar-refractivity contribution is 5.67. The van der Waals surface area contributed by atoms with Crippen LogP contribution in [0.2, 0.25) is 0 Å². The highest BCUT2D eigenvalue weighted by Gasteiger charge is 2.70. The Balaban J connectivity index is 1.54. The molecule has 1 amide bonds. The van der Waals surface area contributed by atoms with Crippen molar-refractivity contribution in [3.63, 3.8) is 0 Å². The van der Waals surface area contributed by atoms with Gasteiger partial charge in [-0.2, -0.15) is 0 Å². The van der Waals surface area contributed by atoms with Crippen LogP contribution in [0.1, 0.15) is 65.7 Å². The van der Waals surface area contributed by atoms with Crippen LogP contribution in [0.5, 0.6) is 0 Å². The van der Waals surface area contributed by atoms with Crippen molar-refractivity contribution in [1.82, 2.24) is 5.32 Å². The zero-order valence-corrected chi connectivity index (χ0v) is 18.9. The summed E-state index contributed by atoms with van der Waals surface area (Å²) in [7, 11) is 1.69. The van der Waals surface area contributed by atoms with Gasteiger partial charge in [-0.05, 0) is 52.9 Å². The van der Waals surface area contributed by atoms with E-state index in [-0.39, 0.29) is 54.7 Å². The molecule has 3 rings (SSSR count). The summed E-state index contributed by atoms with van der Waals surface area (Å²) in [6.07, 6.45) is 7.86. The van der Waals surface area contributed by atoms with Crippen LogP contribution in [0.3, 0.4) is 0 Å².